The second-order valence-corrected chi connectivity index (χ2v) is 13.4. The molecule has 0 aliphatic heterocycles. The molecule has 0 spiro atoms. The van der Waals surface area contributed by atoms with Crippen molar-refractivity contribution in [2.24, 2.45) is 5.92 Å². The monoisotopic (exact) mass is 593 g/mol. The Bertz CT molecular complexity index is 1190. The van der Waals surface area contributed by atoms with E-state index in [4.69, 9.17) is 4.74 Å². The number of nitrogens with one attached hydrogen (secondary N) is 2. The first kappa shape index (κ1) is 35.8. The molecule has 0 aliphatic carbocycles. The molecule has 0 radical (unpaired) electrons. The molecule has 4 atom stereocenters. The number of amides is 3. The van der Waals surface area contributed by atoms with Gasteiger partial charge in [0.15, 0.2) is 0 Å². The van der Waals surface area contributed by atoms with Crippen LogP contribution in [-0.4, -0.2) is 46.5 Å². The Hall–Kier alpha value is -3.35. The Morgan fingerprint density at radius 2 is 1.51 bits per heavy atom. The van der Waals surface area contributed by atoms with E-state index in [1.165, 1.54) is 0 Å². The number of carbonyl (C=O) groups excluding carboxylic acids is 3. The van der Waals surface area contributed by atoms with E-state index in [1.807, 2.05) is 76.2 Å². The fraction of sp³-hybridized carbons (Fsp3) is 0.583. The molecule has 2 N–H and O–H groups in total. The third kappa shape index (κ3) is 11.7. The predicted octanol–water partition coefficient (Wildman–Crippen LogP) is 7.44. The molecule has 0 saturated heterocycles. The number of hydrogen-bond donors (Lipinski definition) is 2. The Labute approximate surface area is 260 Å². The maximum absolute atomic E-state index is 14.8. The second kappa shape index (κ2) is 16.5. The highest BCUT2D eigenvalue weighted by atomic mass is 16.6. The van der Waals surface area contributed by atoms with Gasteiger partial charge in [0.2, 0.25) is 11.8 Å². The molecule has 238 valence electrons. The Balaban J connectivity index is 2.68. The lowest BCUT2D eigenvalue weighted by molar-refractivity contribution is -0.145. The molecule has 0 fully saturated rings. The summed E-state index contributed by atoms with van der Waals surface area (Å²) in [6, 6.07) is 13.4. The largest absolute Gasteiger partial charge is 0.444 e. The number of alkyl carbamates (subject to hydrolysis) is 1. The number of carbonyl (C=O) groups is 3. The zero-order valence-electron chi connectivity index (χ0n) is 28.1. The molecule has 0 aromatic heterocycles. The fourth-order valence-electron chi connectivity index (χ4n) is 5.19. The van der Waals surface area contributed by atoms with E-state index < -0.39 is 23.8 Å². The molecular weight excluding hydrogens is 538 g/mol. The summed E-state index contributed by atoms with van der Waals surface area (Å²) in [6.07, 6.45) is 2.97. The van der Waals surface area contributed by atoms with Crippen molar-refractivity contribution >= 4 is 17.9 Å². The van der Waals surface area contributed by atoms with Crippen molar-refractivity contribution in [2.45, 2.75) is 131 Å². The van der Waals surface area contributed by atoms with E-state index in [0.29, 0.717) is 12.3 Å². The number of hydrogen-bond acceptors (Lipinski definition) is 4. The first-order chi connectivity index (χ1) is 20.1. The number of aryl methyl sites for hydroxylation is 2. The van der Waals surface area contributed by atoms with Gasteiger partial charge in [0.1, 0.15) is 17.7 Å². The molecule has 43 heavy (non-hydrogen) atoms. The van der Waals surface area contributed by atoms with Crippen LogP contribution in [0.2, 0.25) is 0 Å². The standard InChI is InChI=1S/C36H55N3O4/c1-11-15-27(6)37-33(40)32(30-21-19-25(4)26(5)22-30)39(28(7)20-18-24(2)3)34(41)31(23-29-16-13-12-14-17-29)38-35(42)43-36(8,9)10/h12-14,16-17,19,21-22,24,27-28,31-32H,11,15,18,20,23H2,1-10H3,(H,37,40)(H,38,42). The van der Waals surface area contributed by atoms with Gasteiger partial charge in [-0.1, -0.05) is 75.7 Å². The van der Waals surface area contributed by atoms with E-state index in [0.717, 1.165) is 41.5 Å². The minimum atomic E-state index is -0.936. The van der Waals surface area contributed by atoms with Gasteiger partial charge in [-0.05, 0) is 95.9 Å². The number of benzene rings is 2. The maximum Gasteiger partial charge on any atom is 0.408 e. The molecular formula is C36H55N3O4. The summed E-state index contributed by atoms with van der Waals surface area (Å²) >= 11 is 0. The van der Waals surface area contributed by atoms with Crippen LogP contribution in [0.4, 0.5) is 4.79 Å². The molecule has 3 amide bonds. The van der Waals surface area contributed by atoms with Gasteiger partial charge in [0.25, 0.3) is 0 Å². The topological polar surface area (TPSA) is 87.7 Å². The number of rotatable bonds is 14. The summed E-state index contributed by atoms with van der Waals surface area (Å²) in [5, 5.41) is 6.05. The smallest absolute Gasteiger partial charge is 0.408 e. The van der Waals surface area contributed by atoms with Crippen LogP contribution in [0.3, 0.4) is 0 Å². The molecule has 2 aromatic rings. The highest BCUT2D eigenvalue weighted by Gasteiger charge is 2.39. The Morgan fingerprint density at radius 1 is 0.860 bits per heavy atom. The van der Waals surface area contributed by atoms with Crippen molar-refractivity contribution in [3.63, 3.8) is 0 Å². The second-order valence-electron chi connectivity index (χ2n) is 13.4. The van der Waals surface area contributed by atoms with Crippen molar-refractivity contribution < 1.29 is 19.1 Å². The van der Waals surface area contributed by atoms with Crippen molar-refractivity contribution in [1.29, 1.82) is 0 Å². The molecule has 0 saturated carbocycles. The van der Waals surface area contributed by atoms with Crippen LogP contribution < -0.4 is 10.6 Å². The van der Waals surface area contributed by atoms with Crippen LogP contribution >= 0.6 is 0 Å². The lowest BCUT2D eigenvalue weighted by Gasteiger charge is -2.39. The third-order valence-electron chi connectivity index (χ3n) is 7.65. The average Bonchev–Trinajstić information content (AvgIpc) is 2.90. The molecule has 0 aliphatic rings. The normalized spacial score (nSPS) is 14.4. The van der Waals surface area contributed by atoms with Crippen LogP contribution in [0.25, 0.3) is 0 Å². The van der Waals surface area contributed by atoms with Gasteiger partial charge in [0, 0.05) is 18.5 Å². The van der Waals surface area contributed by atoms with Gasteiger partial charge >= 0.3 is 6.09 Å². The lowest BCUT2D eigenvalue weighted by atomic mass is 9.94. The van der Waals surface area contributed by atoms with Crippen LogP contribution in [0.15, 0.2) is 48.5 Å². The van der Waals surface area contributed by atoms with Gasteiger partial charge in [0.05, 0.1) is 0 Å². The van der Waals surface area contributed by atoms with Gasteiger partial charge < -0.3 is 20.3 Å². The minimum absolute atomic E-state index is 0.0468. The first-order valence-electron chi connectivity index (χ1n) is 15.9. The number of ether oxygens (including phenoxy) is 1. The van der Waals surface area contributed by atoms with Crippen molar-refractivity contribution in [2.75, 3.05) is 0 Å². The molecule has 0 heterocycles. The van der Waals surface area contributed by atoms with Gasteiger partial charge in [-0.15, -0.1) is 0 Å². The predicted molar refractivity (Wildman–Crippen MR) is 175 cm³/mol. The summed E-state index contributed by atoms with van der Waals surface area (Å²) in [5.74, 6) is -0.102. The first-order valence-corrected chi connectivity index (χ1v) is 15.9. The maximum atomic E-state index is 14.8. The third-order valence-corrected chi connectivity index (χ3v) is 7.65. The molecule has 7 heteroatoms. The van der Waals surface area contributed by atoms with E-state index in [2.05, 4.69) is 31.4 Å². The van der Waals surface area contributed by atoms with Crippen LogP contribution in [0.5, 0.6) is 0 Å². The molecule has 4 unspecified atom stereocenters. The Kier molecular flexibility index (Phi) is 13.7. The minimum Gasteiger partial charge on any atom is -0.444 e. The molecule has 2 rings (SSSR count). The molecule has 2 aromatic carbocycles. The number of nitrogens with zero attached hydrogens (tertiary/aromatic N) is 1. The quantitative estimate of drug-likeness (QED) is 0.238. The summed E-state index contributed by atoms with van der Waals surface area (Å²) < 4.78 is 5.58. The van der Waals surface area contributed by atoms with Crippen molar-refractivity contribution in [3.05, 3.63) is 70.8 Å². The van der Waals surface area contributed by atoms with E-state index in [-0.39, 0.29) is 30.3 Å². The zero-order chi connectivity index (χ0) is 32.3. The van der Waals surface area contributed by atoms with Gasteiger partial charge in [-0.2, -0.15) is 0 Å². The average molecular weight is 594 g/mol. The van der Waals surface area contributed by atoms with Crippen LogP contribution in [0.1, 0.15) is 109 Å². The van der Waals surface area contributed by atoms with Crippen molar-refractivity contribution in [1.82, 2.24) is 15.5 Å². The summed E-state index contributed by atoms with van der Waals surface area (Å²) in [5.41, 5.74) is 3.08. The highest BCUT2D eigenvalue weighted by Crippen LogP contribution is 2.29. The summed E-state index contributed by atoms with van der Waals surface area (Å²) in [6.45, 7) is 19.8. The Morgan fingerprint density at radius 3 is 2.07 bits per heavy atom. The SMILES string of the molecule is CCCC(C)NC(=O)C(c1ccc(C)c(C)c1)N(C(=O)C(Cc1ccccc1)NC(=O)OC(C)(C)C)C(C)CCC(C)C. The van der Waals surface area contributed by atoms with E-state index >= 15 is 0 Å². The van der Waals surface area contributed by atoms with Crippen LogP contribution in [-0.2, 0) is 20.7 Å². The van der Waals surface area contributed by atoms with E-state index in [9.17, 15) is 14.4 Å². The summed E-state index contributed by atoms with van der Waals surface area (Å²) in [4.78, 5) is 43.8. The lowest BCUT2D eigenvalue weighted by Crippen LogP contribution is -2.56. The zero-order valence-corrected chi connectivity index (χ0v) is 28.1. The fourth-order valence-corrected chi connectivity index (χ4v) is 5.19. The highest BCUT2D eigenvalue weighted by molar-refractivity contribution is 5.92. The van der Waals surface area contributed by atoms with E-state index in [1.54, 1.807) is 25.7 Å². The molecule has 0 bridgehead atoms. The van der Waals surface area contributed by atoms with Crippen LogP contribution in [0, 0.1) is 19.8 Å². The van der Waals surface area contributed by atoms with Crippen molar-refractivity contribution in [3.8, 4) is 0 Å². The molecule has 7 nitrogen and oxygen atoms in total. The van der Waals surface area contributed by atoms with Gasteiger partial charge in [-0.25, -0.2) is 4.79 Å². The summed E-state index contributed by atoms with van der Waals surface area (Å²) in [7, 11) is 0. The van der Waals surface area contributed by atoms with Gasteiger partial charge in [-0.3, -0.25) is 9.59 Å².